The molecule has 6 heteroatoms. The van der Waals surface area contributed by atoms with Crippen molar-refractivity contribution in [3.05, 3.63) is 18.2 Å². The summed E-state index contributed by atoms with van der Waals surface area (Å²) in [5.74, 6) is 1.24. The van der Waals surface area contributed by atoms with Crippen LogP contribution >= 0.6 is 0 Å². The molecule has 3 atom stereocenters. The molecule has 1 amide bonds. The predicted molar refractivity (Wildman–Crippen MR) is 86.0 cm³/mol. The van der Waals surface area contributed by atoms with Crippen LogP contribution in [0.25, 0.3) is 0 Å². The molecule has 6 nitrogen and oxygen atoms in total. The standard InChI is InChI=1S/C17H27N3O3/c1-12(2)16(23-11-14-4-3-9-22-14)17(21)19-13-5-6-15-18-7-8-20(15)10-13/h7-8,12-14,16H,3-6,9-11H2,1-2H3,(H,19,21)/t13-,14+,16+/m1/s1. The van der Waals surface area contributed by atoms with Crippen LogP contribution in [-0.4, -0.2) is 46.9 Å². The predicted octanol–water partition coefficient (Wildman–Crippen LogP) is 1.53. The molecule has 0 spiro atoms. The average molecular weight is 321 g/mol. The van der Waals surface area contributed by atoms with Crippen molar-refractivity contribution >= 4 is 5.91 Å². The lowest BCUT2D eigenvalue weighted by Gasteiger charge is -2.28. The zero-order chi connectivity index (χ0) is 16.2. The van der Waals surface area contributed by atoms with Crippen LogP contribution in [0.1, 0.15) is 38.9 Å². The number of rotatable bonds is 6. The van der Waals surface area contributed by atoms with E-state index < -0.39 is 6.10 Å². The zero-order valence-corrected chi connectivity index (χ0v) is 14.0. The lowest BCUT2D eigenvalue weighted by molar-refractivity contribution is -0.139. The summed E-state index contributed by atoms with van der Waals surface area (Å²) in [6.45, 7) is 6.15. The highest BCUT2D eigenvalue weighted by Crippen LogP contribution is 2.17. The average Bonchev–Trinajstić information content (AvgIpc) is 3.17. The SMILES string of the molecule is CC(C)[C@H](OC[C@@H]1CCCO1)C(=O)N[C@@H]1CCc2nccn2C1. The molecule has 2 aliphatic heterocycles. The third kappa shape index (κ3) is 4.12. The topological polar surface area (TPSA) is 65.4 Å². The van der Waals surface area contributed by atoms with Crippen molar-refractivity contribution in [3.63, 3.8) is 0 Å². The molecule has 0 bridgehead atoms. The summed E-state index contributed by atoms with van der Waals surface area (Å²) in [6.07, 6.45) is 7.47. The second-order valence-electron chi connectivity index (χ2n) is 6.87. The fraction of sp³-hybridized carbons (Fsp3) is 0.765. The van der Waals surface area contributed by atoms with Gasteiger partial charge < -0.3 is 19.4 Å². The summed E-state index contributed by atoms with van der Waals surface area (Å²) < 4.78 is 13.6. The highest BCUT2D eigenvalue weighted by Gasteiger charge is 2.28. The van der Waals surface area contributed by atoms with E-state index in [1.807, 2.05) is 26.2 Å². The molecule has 1 aromatic rings. The number of carbonyl (C=O) groups is 1. The van der Waals surface area contributed by atoms with Gasteiger partial charge in [0.2, 0.25) is 5.91 Å². The first kappa shape index (κ1) is 16.5. The van der Waals surface area contributed by atoms with Crippen LogP contribution in [0.15, 0.2) is 12.4 Å². The first-order valence-corrected chi connectivity index (χ1v) is 8.67. The van der Waals surface area contributed by atoms with E-state index in [1.54, 1.807) is 0 Å². The summed E-state index contributed by atoms with van der Waals surface area (Å²) in [6, 6.07) is 0.150. The summed E-state index contributed by atoms with van der Waals surface area (Å²) in [5.41, 5.74) is 0. The Kier molecular flexibility index (Phi) is 5.33. The number of nitrogens with one attached hydrogen (secondary N) is 1. The molecule has 0 radical (unpaired) electrons. The van der Waals surface area contributed by atoms with Crippen molar-refractivity contribution in [2.75, 3.05) is 13.2 Å². The second-order valence-corrected chi connectivity index (χ2v) is 6.87. The number of ether oxygens (including phenoxy) is 2. The smallest absolute Gasteiger partial charge is 0.249 e. The number of aromatic nitrogens is 2. The first-order valence-electron chi connectivity index (χ1n) is 8.67. The molecule has 1 N–H and O–H groups in total. The van der Waals surface area contributed by atoms with Gasteiger partial charge in [-0.2, -0.15) is 0 Å². The van der Waals surface area contributed by atoms with E-state index in [9.17, 15) is 4.79 Å². The van der Waals surface area contributed by atoms with Gasteiger partial charge in [-0.05, 0) is 25.2 Å². The molecule has 1 saturated heterocycles. The Balaban J connectivity index is 1.52. The van der Waals surface area contributed by atoms with Crippen LogP contribution in [0.3, 0.4) is 0 Å². The van der Waals surface area contributed by atoms with Crippen LogP contribution in [0.5, 0.6) is 0 Å². The van der Waals surface area contributed by atoms with Crippen molar-refractivity contribution in [3.8, 4) is 0 Å². The fourth-order valence-corrected chi connectivity index (χ4v) is 3.33. The third-order valence-corrected chi connectivity index (χ3v) is 4.63. The maximum absolute atomic E-state index is 12.6. The van der Waals surface area contributed by atoms with Gasteiger partial charge in [0, 0.05) is 38.0 Å². The zero-order valence-electron chi connectivity index (χ0n) is 14.0. The summed E-state index contributed by atoms with van der Waals surface area (Å²) in [5, 5.41) is 3.15. The molecule has 0 unspecified atom stereocenters. The van der Waals surface area contributed by atoms with Crippen molar-refractivity contribution in [2.24, 2.45) is 5.92 Å². The lowest BCUT2D eigenvalue weighted by atomic mass is 10.0. The van der Waals surface area contributed by atoms with E-state index in [1.165, 1.54) is 0 Å². The van der Waals surface area contributed by atoms with Gasteiger partial charge in [0.25, 0.3) is 0 Å². The number of aryl methyl sites for hydroxylation is 1. The Bertz CT molecular complexity index is 523. The highest BCUT2D eigenvalue weighted by atomic mass is 16.5. The Labute approximate surface area is 137 Å². The first-order chi connectivity index (χ1) is 11.1. The third-order valence-electron chi connectivity index (χ3n) is 4.63. The number of amides is 1. The van der Waals surface area contributed by atoms with Crippen LogP contribution in [0.2, 0.25) is 0 Å². The second kappa shape index (κ2) is 7.45. The van der Waals surface area contributed by atoms with Crippen LogP contribution < -0.4 is 5.32 Å². The van der Waals surface area contributed by atoms with Gasteiger partial charge in [-0.15, -0.1) is 0 Å². The molecule has 1 aromatic heterocycles. The minimum Gasteiger partial charge on any atom is -0.376 e. The molecular formula is C17H27N3O3. The van der Waals surface area contributed by atoms with Gasteiger partial charge in [0.15, 0.2) is 0 Å². The van der Waals surface area contributed by atoms with Crippen molar-refractivity contribution in [1.82, 2.24) is 14.9 Å². The Hall–Kier alpha value is -1.40. The van der Waals surface area contributed by atoms with E-state index in [0.29, 0.717) is 6.61 Å². The number of imidazole rings is 1. The molecule has 23 heavy (non-hydrogen) atoms. The normalized spacial score (nSPS) is 25.3. The van der Waals surface area contributed by atoms with Crippen molar-refractivity contribution in [2.45, 2.75) is 64.3 Å². The van der Waals surface area contributed by atoms with E-state index in [4.69, 9.17) is 9.47 Å². The van der Waals surface area contributed by atoms with Crippen LogP contribution in [0.4, 0.5) is 0 Å². The lowest BCUT2D eigenvalue weighted by Crippen LogP contribution is -2.48. The molecule has 0 saturated carbocycles. The molecule has 128 valence electrons. The Morgan fingerprint density at radius 3 is 3.13 bits per heavy atom. The summed E-state index contributed by atoms with van der Waals surface area (Å²) in [4.78, 5) is 16.9. The van der Waals surface area contributed by atoms with E-state index in [2.05, 4.69) is 14.9 Å². The van der Waals surface area contributed by atoms with Crippen molar-refractivity contribution < 1.29 is 14.3 Å². The van der Waals surface area contributed by atoms with Crippen LogP contribution in [0, 0.1) is 5.92 Å². The van der Waals surface area contributed by atoms with Gasteiger partial charge in [-0.25, -0.2) is 4.98 Å². The number of nitrogens with zero attached hydrogens (tertiary/aromatic N) is 2. The van der Waals surface area contributed by atoms with Crippen molar-refractivity contribution in [1.29, 1.82) is 0 Å². The number of hydrogen-bond acceptors (Lipinski definition) is 4. The summed E-state index contributed by atoms with van der Waals surface area (Å²) in [7, 11) is 0. The fourth-order valence-electron chi connectivity index (χ4n) is 3.33. The molecule has 2 aliphatic rings. The van der Waals surface area contributed by atoms with Gasteiger partial charge in [-0.1, -0.05) is 13.8 Å². The van der Waals surface area contributed by atoms with Gasteiger partial charge in [0.05, 0.1) is 12.7 Å². The van der Waals surface area contributed by atoms with E-state index >= 15 is 0 Å². The molecule has 1 fully saturated rings. The van der Waals surface area contributed by atoms with Gasteiger partial charge in [0.1, 0.15) is 11.9 Å². The Morgan fingerprint density at radius 1 is 1.52 bits per heavy atom. The maximum atomic E-state index is 12.6. The number of fused-ring (bicyclic) bond motifs is 1. The largest absolute Gasteiger partial charge is 0.376 e. The van der Waals surface area contributed by atoms with Crippen LogP contribution in [-0.2, 0) is 27.2 Å². The molecule has 3 heterocycles. The van der Waals surface area contributed by atoms with E-state index in [0.717, 1.165) is 44.7 Å². The monoisotopic (exact) mass is 321 g/mol. The summed E-state index contributed by atoms with van der Waals surface area (Å²) >= 11 is 0. The van der Waals surface area contributed by atoms with Gasteiger partial charge >= 0.3 is 0 Å². The minimum absolute atomic E-state index is 0.00781. The van der Waals surface area contributed by atoms with Gasteiger partial charge in [-0.3, -0.25) is 4.79 Å². The quantitative estimate of drug-likeness (QED) is 0.863. The molecule has 3 rings (SSSR count). The number of hydrogen-bond donors (Lipinski definition) is 1. The maximum Gasteiger partial charge on any atom is 0.249 e. The van der Waals surface area contributed by atoms with E-state index in [-0.39, 0.29) is 24.0 Å². The molecule has 0 aliphatic carbocycles. The Morgan fingerprint density at radius 2 is 2.39 bits per heavy atom. The molecular weight excluding hydrogens is 294 g/mol. The minimum atomic E-state index is -0.414. The highest BCUT2D eigenvalue weighted by molar-refractivity contribution is 5.81. The molecule has 0 aromatic carbocycles. The number of carbonyl (C=O) groups excluding carboxylic acids is 1.